The van der Waals surface area contributed by atoms with Crippen LogP contribution in [0.15, 0.2) is 18.2 Å². The number of benzene rings is 1. The summed E-state index contributed by atoms with van der Waals surface area (Å²) in [7, 11) is 0. The van der Waals surface area contributed by atoms with E-state index in [0.29, 0.717) is 16.5 Å². The fourth-order valence-corrected chi connectivity index (χ4v) is 3.13. The molecule has 0 amide bonds. The second-order valence-corrected chi connectivity index (χ2v) is 6.52. The van der Waals surface area contributed by atoms with Crippen molar-refractivity contribution in [2.45, 2.75) is 45.6 Å². The predicted molar refractivity (Wildman–Crippen MR) is 79.5 cm³/mol. The van der Waals surface area contributed by atoms with E-state index in [1.54, 1.807) is 0 Å². The van der Waals surface area contributed by atoms with Gasteiger partial charge in [0.15, 0.2) is 0 Å². The van der Waals surface area contributed by atoms with Crippen LogP contribution in [0.25, 0.3) is 0 Å². The quantitative estimate of drug-likeness (QED) is 0.782. The summed E-state index contributed by atoms with van der Waals surface area (Å²) in [6.07, 6.45) is 5.09. The molecule has 1 aromatic rings. The van der Waals surface area contributed by atoms with Gasteiger partial charge < -0.3 is 5.32 Å². The molecule has 0 aliphatic heterocycles. The molecule has 0 heterocycles. The van der Waals surface area contributed by atoms with Crippen LogP contribution in [0.2, 0.25) is 10.0 Å². The first-order valence-corrected chi connectivity index (χ1v) is 7.48. The topological polar surface area (TPSA) is 12.0 Å². The summed E-state index contributed by atoms with van der Waals surface area (Å²) in [6, 6.07) is 6.10. The minimum atomic E-state index is 0.326. The molecule has 1 saturated carbocycles. The van der Waals surface area contributed by atoms with E-state index in [-0.39, 0.29) is 0 Å². The molecule has 0 radical (unpaired) electrons. The molecule has 0 bridgehead atoms. The van der Waals surface area contributed by atoms with Crippen molar-refractivity contribution < 1.29 is 0 Å². The van der Waals surface area contributed by atoms with Gasteiger partial charge in [-0.25, -0.2) is 0 Å². The van der Waals surface area contributed by atoms with Crippen molar-refractivity contribution in [1.82, 2.24) is 5.32 Å². The monoisotopic (exact) mass is 285 g/mol. The highest BCUT2D eigenvalue weighted by molar-refractivity contribution is 6.35. The first-order chi connectivity index (χ1) is 8.54. The van der Waals surface area contributed by atoms with E-state index >= 15 is 0 Å². The largest absolute Gasteiger partial charge is 0.309 e. The highest BCUT2D eigenvalue weighted by Crippen LogP contribution is 2.40. The Hall–Kier alpha value is -0.240. The van der Waals surface area contributed by atoms with Gasteiger partial charge in [0.25, 0.3) is 0 Å². The lowest BCUT2D eigenvalue weighted by Crippen LogP contribution is -2.38. The lowest BCUT2D eigenvalue weighted by atomic mass is 9.70. The van der Waals surface area contributed by atoms with Gasteiger partial charge in [-0.3, -0.25) is 0 Å². The number of hydrogen-bond acceptors (Lipinski definition) is 1. The third-order valence-electron chi connectivity index (χ3n) is 4.08. The van der Waals surface area contributed by atoms with Crippen LogP contribution in [0.4, 0.5) is 0 Å². The summed E-state index contributed by atoms with van der Waals surface area (Å²) in [6.45, 7) is 5.62. The van der Waals surface area contributed by atoms with Gasteiger partial charge in [0, 0.05) is 22.6 Å². The molecular weight excluding hydrogens is 265 g/mol. The average Bonchev–Trinajstić information content (AvgIpc) is 2.29. The normalized spacial score (nSPS) is 19.3. The molecule has 1 unspecified atom stereocenters. The molecule has 0 aromatic heterocycles. The van der Waals surface area contributed by atoms with Crippen molar-refractivity contribution in [1.29, 1.82) is 0 Å². The maximum Gasteiger partial charge on any atom is 0.0468 e. The Morgan fingerprint density at radius 1 is 1.33 bits per heavy atom. The first-order valence-electron chi connectivity index (χ1n) is 6.72. The second kappa shape index (κ2) is 5.81. The van der Waals surface area contributed by atoms with Gasteiger partial charge in [-0.05, 0) is 42.4 Å². The molecule has 0 spiro atoms. The molecule has 1 nitrogen and oxygen atoms in total. The summed E-state index contributed by atoms with van der Waals surface area (Å²) in [5, 5.41) is 5.12. The van der Waals surface area contributed by atoms with Gasteiger partial charge in [-0.15, -0.1) is 0 Å². The van der Waals surface area contributed by atoms with E-state index in [9.17, 15) is 0 Å². The minimum absolute atomic E-state index is 0.326. The van der Waals surface area contributed by atoms with E-state index in [2.05, 4.69) is 19.2 Å². The molecule has 18 heavy (non-hydrogen) atoms. The fraction of sp³-hybridized carbons (Fsp3) is 0.600. The molecular formula is C15H21Cl2N. The number of hydrogen-bond donors (Lipinski definition) is 1. The Morgan fingerprint density at radius 2 is 2.06 bits per heavy atom. The Morgan fingerprint density at radius 3 is 2.56 bits per heavy atom. The van der Waals surface area contributed by atoms with Crippen LogP contribution >= 0.6 is 23.2 Å². The Labute approximate surface area is 120 Å². The first kappa shape index (κ1) is 14.2. The molecule has 1 N–H and O–H groups in total. The van der Waals surface area contributed by atoms with E-state index in [4.69, 9.17) is 23.2 Å². The van der Waals surface area contributed by atoms with Crippen molar-refractivity contribution in [3.8, 4) is 0 Å². The second-order valence-electron chi connectivity index (χ2n) is 5.67. The Balaban J connectivity index is 2.03. The van der Waals surface area contributed by atoms with Crippen molar-refractivity contribution in [2.75, 3.05) is 6.54 Å². The van der Waals surface area contributed by atoms with Gasteiger partial charge in [-0.1, -0.05) is 49.5 Å². The van der Waals surface area contributed by atoms with Crippen LogP contribution in [0.5, 0.6) is 0 Å². The number of nitrogens with one attached hydrogen (secondary N) is 1. The van der Waals surface area contributed by atoms with Crippen molar-refractivity contribution in [3.05, 3.63) is 33.8 Å². The molecule has 1 aliphatic carbocycles. The maximum atomic E-state index is 6.28. The minimum Gasteiger partial charge on any atom is -0.309 e. The third-order valence-corrected chi connectivity index (χ3v) is 4.64. The molecule has 1 atom stereocenters. The predicted octanol–water partition coefficient (Wildman–Crippen LogP) is 5.22. The average molecular weight is 286 g/mol. The van der Waals surface area contributed by atoms with Crippen molar-refractivity contribution >= 4 is 23.2 Å². The number of rotatable bonds is 5. The molecule has 3 heteroatoms. The smallest absolute Gasteiger partial charge is 0.0468 e. The van der Waals surface area contributed by atoms with Crippen LogP contribution in [0.3, 0.4) is 0 Å². The van der Waals surface area contributed by atoms with Crippen molar-refractivity contribution in [3.63, 3.8) is 0 Å². The molecule has 1 aromatic carbocycles. The highest BCUT2D eigenvalue weighted by Gasteiger charge is 2.32. The van der Waals surface area contributed by atoms with Gasteiger partial charge in [0.2, 0.25) is 0 Å². The van der Waals surface area contributed by atoms with Crippen LogP contribution in [-0.2, 0) is 0 Å². The summed E-state index contributed by atoms with van der Waals surface area (Å²) in [5.74, 6) is 0. The van der Waals surface area contributed by atoms with E-state index in [1.165, 1.54) is 19.3 Å². The third kappa shape index (κ3) is 3.20. The summed E-state index contributed by atoms with van der Waals surface area (Å²) < 4.78 is 0. The summed E-state index contributed by atoms with van der Waals surface area (Å²) in [5.41, 5.74) is 1.65. The zero-order valence-corrected chi connectivity index (χ0v) is 12.6. The lowest BCUT2D eigenvalue weighted by molar-refractivity contribution is 0.150. The molecule has 1 fully saturated rings. The standard InChI is InChI=1S/C15H21Cl2N/c1-3-14(18-10-15(2)7-4-8-15)12-6-5-11(16)9-13(12)17/h5-6,9,14,18H,3-4,7-8,10H2,1-2H3. The molecule has 100 valence electrons. The number of halogens is 2. The van der Waals surface area contributed by atoms with Crippen molar-refractivity contribution in [2.24, 2.45) is 5.41 Å². The van der Waals surface area contributed by atoms with E-state index in [0.717, 1.165) is 23.6 Å². The van der Waals surface area contributed by atoms with Gasteiger partial charge in [0.05, 0.1) is 0 Å². The molecule has 0 saturated heterocycles. The molecule has 1 aliphatic rings. The highest BCUT2D eigenvalue weighted by atomic mass is 35.5. The Kier molecular flexibility index (Phi) is 4.58. The zero-order valence-electron chi connectivity index (χ0n) is 11.1. The van der Waals surface area contributed by atoms with Crippen LogP contribution in [0, 0.1) is 5.41 Å². The summed E-state index contributed by atoms with van der Waals surface area (Å²) >= 11 is 12.2. The van der Waals surface area contributed by atoms with E-state index in [1.807, 2.05) is 18.2 Å². The van der Waals surface area contributed by atoms with E-state index < -0.39 is 0 Å². The Bertz CT molecular complexity index is 413. The SMILES string of the molecule is CCC(NCC1(C)CCC1)c1ccc(Cl)cc1Cl. The van der Waals surface area contributed by atoms with Crippen LogP contribution in [-0.4, -0.2) is 6.54 Å². The van der Waals surface area contributed by atoms with Gasteiger partial charge in [-0.2, -0.15) is 0 Å². The van der Waals surface area contributed by atoms with Gasteiger partial charge >= 0.3 is 0 Å². The lowest BCUT2D eigenvalue weighted by Gasteiger charge is -2.39. The zero-order chi connectivity index (χ0) is 13.2. The maximum absolute atomic E-state index is 6.28. The van der Waals surface area contributed by atoms with Crippen LogP contribution < -0.4 is 5.32 Å². The summed E-state index contributed by atoms with van der Waals surface area (Å²) in [4.78, 5) is 0. The van der Waals surface area contributed by atoms with Gasteiger partial charge in [0.1, 0.15) is 0 Å². The molecule has 2 rings (SSSR count). The van der Waals surface area contributed by atoms with Crippen LogP contribution in [0.1, 0.15) is 51.1 Å². The fourth-order valence-electron chi connectivity index (χ4n) is 2.59.